The van der Waals surface area contributed by atoms with Crippen LogP contribution in [0.4, 0.5) is 34.6 Å². The van der Waals surface area contributed by atoms with Crippen molar-refractivity contribution < 1.29 is 14.3 Å². The van der Waals surface area contributed by atoms with Crippen LogP contribution in [-0.2, 0) is 16.0 Å². The molecule has 0 saturated carbocycles. The zero-order valence-electron chi connectivity index (χ0n) is 21.6. The number of carbonyl (C=O) groups is 1. The first-order valence-corrected chi connectivity index (χ1v) is 13.2. The van der Waals surface area contributed by atoms with E-state index in [1.165, 1.54) is 0 Å². The molecule has 0 spiro atoms. The third-order valence-corrected chi connectivity index (χ3v) is 7.48. The van der Waals surface area contributed by atoms with Gasteiger partial charge in [-0.15, -0.1) is 0 Å². The molecule has 6 rings (SSSR count). The largest absolute Gasteiger partial charge is 0.494 e. The first-order valence-electron chi connectivity index (χ1n) is 13.2. The minimum Gasteiger partial charge on any atom is -0.494 e. The second-order valence-electron chi connectivity index (χ2n) is 9.72. The van der Waals surface area contributed by atoms with Crippen LogP contribution < -0.4 is 25.6 Å². The molecular weight excluding hydrogens is 482 g/mol. The number of likely N-dealkylation sites (tertiary alicyclic amines) is 1. The van der Waals surface area contributed by atoms with Crippen molar-refractivity contribution in [3.63, 3.8) is 0 Å². The van der Waals surface area contributed by atoms with Crippen molar-refractivity contribution in [3.05, 3.63) is 53.6 Å². The number of rotatable bonds is 8. The third kappa shape index (κ3) is 4.79. The zero-order chi connectivity index (χ0) is 25.9. The average molecular weight is 516 g/mol. The van der Waals surface area contributed by atoms with Crippen molar-refractivity contribution in [3.8, 4) is 5.75 Å². The van der Waals surface area contributed by atoms with Crippen LogP contribution in [0, 0.1) is 0 Å². The highest BCUT2D eigenvalue weighted by atomic mass is 16.5. The molecule has 3 aromatic rings. The Kier molecular flexibility index (Phi) is 6.87. The summed E-state index contributed by atoms with van der Waals surface area (Å²) < 4.78 is 11.2. The number of amides is 1. The van der Waals surface area contributed by atoms with Gasteiger partial charge in [0.2, 0.25) is 12.4 Å². The molecule has 0 radical (unpaired) electrons. The topological polar surface area (TPSA) is 104 Å². The molecule has 3 N–H and O–H groups in total. The second kappa shape index (κ2) is 10.7. The van der Waals surface area contributed by atoms with E-state index in [4.69, 9.17) is 19.4 Å². The fraction of sp³-hybridized carbons (Fsp3) is 0.393. The molecule has 2 fully saturated rings. The molecule has 0 bridgehead atoms. The van der Waals surface area contributed by atoms with E-state index < -0.39 is 0 Å². The van der Waals surface area contributed by atoms with Crippen LogP contribution in [0.3, 0.4) is 0 Å². The summed E-state index contributed by atoms with van der Waals surface area (Å²) in [5, 5.41) is 10.3. The summed E-state index contributed by atoms with van der Waals surface area (Å²) in [5.74, 6) is 2.78. The lowest BCUT2D eigenvalue weighted by Crippen LogP contribution is -2.36. The number of morpholine rings is 1. The molecule has 10 heteroatoms. The van der Waals surface area contributed by atoms with E-state index in [0.717, 1.165) is 111 Å². The molecule has 2 aromatic carbocycles. The van der Waals surface area contributed by atoms with Gasteiger partial charge in [-0.25, -0.2) is 0 Å². The van der Waals surface area contributed by atoms with Crippen LogP contribution in [0.5, 0.6) is 5.75 Å². The molecular formula is C28H33N7O3. The van der Waals surface area contributed by atoms with Gasteiger partial charge in [0.1, 0.15) is 17.4 Å². The van der Waals surface area contributed by atoms with Crippen LogP contribution in [0.1, 0.15) is 30.0 Å². The summed E-state index contributed by atoms with van der Waals surface area (Å²) in [6, 6.07) is 14.4. The predicted octanol–water partition coefficient (Wildman–Crippen LogP) is 4.07. The number of hydrogen-bond acceptors (Lipinski definition) is 9. The number of methoxy groups -OCH3 is 1. The number of fused-ring (bicyclic) bond motifs is 1. The van der Waals surface area contributed by atoms with Crippen molar-refractivity contribution >= 4 is 41.1 Å². The number of benzene rings is 2. The van der Waals surface area contributed by atoms with Crippen molar-refractivity contribution in [1.82, 2.24) is 14.9 Å². The monoisotopic (exact) mass is 515 g/mol. The molecule has 1 atom stereocenters. The SMILES string of the molecule is COc1cc(N2CCOCC2)ccc1Nc1nc2c(c(Nc3ccccc3C3CCCN3C=O)n1)CCN2. The Morgan fingerprint density at radius 2 is 1.95 bits per heavy atom. The number of aromatic nitrogens is 2. The lowest BCUT2D eigenvalue weighted by molar-refractivity contribution is -0.118. The molecule has 4 heterocycles. The normalized spacial score (nSPS) is 18.6. The number of anilines is 6. The van der Waals surface area contributed by atoms with Gasteiger partial charge in [0.05, 0.1) is 32.1 Å². The minimum atomic E-state index is 0.0658. The summed E-state index contributed by atoms with van der Waals surface area (Å²) in [4.78, 5) is 25.5. The van der Waals surface area contributed by atoms with Crippen molar-refractivity contribution in [1.29, 1.82) is 0 Å². The number of carbonyl (C=O) groups excluding carboxylic acids is 1. The lowest BCUT2D eigenvalue weighted by atomic mass is 10.0. The smallest absolute Gasteiger partial charge is 0.231 e. The van der Waals surface area contributed by atoms with Gasteiger partial charge in [0.15, 0.2) is 0 Å². The first-order chi connectivity index (χ1) is 18.7. The fourth-order valence-corrected chi connectivity index (χ4v) is 5.53. The zero-order valence-corrected chi connectivity index (χ0v) is 21.6. The van der Waals surface area contributed by atoms with E-state index in [1.807, 2.05) is 35.2 Å². The summed E-state index contributed by atoms with van der Waals surface area (Å²) in [6.07, 6.45) is 3.75. The highest BCUT2D eigenvalue weighted by molar-refractivity contribution is 5.74. The number of hydrogen-bond donors (Lipinski definition) is 3. The van der Waals surface area contributed by atoms with Gasteiger partial charge in [-0.1, -0.05) is 18.2 Å². The predicted molar refractivity (Wildman–Crippen MR) is 148 cm³/mol. The van der Waals surface area contributed by atoms with Gasteiger partial charge in [-0.3, -0.25) is 4.79 Å². The lowest BCUT2D eigenvalue weighted by Gasteiger charge is -2.29. The summed E-state index contributed by atoms with van der Waals surface area (Å²) in [6.45, 7) is 4.77. The van der Waals surface area contributed by atoms with Gasteiger partial charge in [-0.05, 0) is 43.0 Å². The maximum absolute atomic E-state index is 11.6. The Balaban J connectivity index is 1.29. The maximum atomic E-state index is 11.6. The Labute approximate surface area is 222 Å². The van der Waals surface area contributed by atoms with Crippen LogP contribution in [0.2, 0.25) is 0 Å². The highest BCUT2D eigenvalue weighted by Crippen LogP contribution is 2.38. The van der Waals surface area contributed by atoms with E-state index in [-0.39, 0.29) is 6.04 Å². The number of nitrogens with zero attached hydrogens (tertiary/aromatic N) is 4. The molecule has 3 aliphatic rings. The maximum Gasteiger partial charge on any atom is 0.231 e. The van der Waals surface area contributed by atoms with E-state index in [0.29, 0.717) is 5.95 Å². The van der Waals surface area contributed by atoms with Gasteiger partial charge in [0, 0.05) is 49.2 Å². The van der Waals surface area contributed by atoms with E-state index >= 15 is 0 Å². The van der Waals surface area contributed by atoms with Gasteiger partial charge in [0.25, 0.3) is 0 Å². The van der Waals surface area contributed by atoms with Crippen molar-refractivity contribution in [2.75, 3.05) is 67.4 Å². The minimum absolute atomic E-state index is 0.0658. The molecule has 0 aliphatic carbocycles. The molecule has 1 unspecified atom stereocenters. The van der Waals surface area contributed by atoms with Crippen LogP contribution in [-0.4, -0.2) is 67.8 Å². The second-order valence-corrected chi connectivity index (χ2v) is 9.72. The molecule has 38 heavy (non-hydrogen) atoms. The molecule has 3 aliphatic heterocycles. The summed E-state index contributed by atoms with van der Waals surface area (Å²) >= 11 is 0. The summed E-state index contributed by atoms with van der Waals surface area (Å²) in [7, 11) is 1.67. The molecule has 10 nitrogen and oxygen atoms in total. The van der Waals surface area contributed by atoms with Crippen molar-refractivity contribution in [2.45, 2.75) is 25.3 Å². The fourth-order valence-electron chi connectivity index (χ4n) is 5.53. The molecule has 1 amide bonds. The standard InChI is InChI=1S/C28H33N7O3/c1-37-25-17-19(34-13-15-38-16-14-34)8-9-23(25)31-28-32-26-21(10-11-29-26)27(33-28)30-22-6-3-2-5-20(22)24-7-4-12-35(24)18-36/h2-3,5-6,8-9,17-18,24H,4,7,10-16H2,1H3,(H3,29,30,31,32,33). The Hall–Kier alpha value is -4.05. The molecule has 2 saturated heterocycles. The van der Waals surface area contributed by atoms with Gasteiger partial charge >= 0.3 is 0 Å². The first kappa shape index (κ1) is 24.3. The van der Waals surface area contributed by atoms with E-state index in [1.54, 1.807) is 7.11 Å². The Bertz CT molecular complexity index is 1310. The number of para-hydroxylation sites is 1. The van der Waals surface area contributed by atoms with E-state index in [9.17, 15) is 4.79 Å². The quantitative estimate of drug-likeness (QED) is 0.383. The van der Waals surface area contributed by atoms with Crippen LogP contribution in [0.15, 0.2) is 42.5 Å². The number of ether oxygens (including phenoxy) is 2. The average Bonchev–Trinajstić information content (AvgIpc) is 3.64. The molecule has 1 aromatic heterocycles. The molecule has 198 valence electrons. The van der Waals surface area contributed by atoms with Crippen LogP contribution >= 0.6 is 0 Å². The van der Waals surface area contributed by atoms with Gasteiger partial charge in [-0.2, -0.15) is 9.97 Å². The van der Waals surface area contributed by atoms with E-state index in [2.05, 4.69) is 33.0 Å². The number of nitrogens with one attached hydrogen (secondary N) is 3. The van der Waals surface area contributed by atoms with Gasteiger partial charge < -0.3 is 35.2 Å². The Morgan fingerprint density at radius 1 is 1.08 bits per heavy atom. The summed E-state index contributed by atoms with van der Waals surface area (Å²) in [5.41, 5.74) is 5.00. The van der Waals surface area contributed by atoms with Crippen LogP contribution in [0.25, 0.3) is 0 Å². The van der Waals surface area contributed by atoms with Crippen molar-refractivity contribution in [2.24, 2.45) is 0 Å². The third-order valence-electron chi connectivity index (χ3n) is 7.48. The Morgan fingerprint density at radius 3 is 2.79 bits per heavy atom. The highest BCUT2D eigenvalue weighted by Gasteiger charge is 2.27.